The molecule has 0 aromatic heterocycles. The Labute approximate surface area is 98.4 Å². The van der Waals surface area contributed by atoms with Crippen LogP contribution in [0.2, 0.25) is 0 Å². The number of carbonyl (C=O) groups is 1. The van der Waals surface area contributed by atoms with E-state index in [9.17, 15) is 4.79 Å². The Bertz CT molecular complexity index is 453. The maximum atomic E-state index is 11.0. The molecule has 3 nitrogen and oxygen atoms in total. The monoisotopic (exact) mass is 233 g/mol. The molecule has 0 heterocycles. The first-order chi connectivity index (χ1) is 7.72. The van der Waals surface area contributed by atoms with E-state index in [0.29, 0.717) is 6.42 Å². The quantitative estimate of drug-likeness (QED) is 0.581. The molecule has 1 aromatic carbocycles. The average molecular weight is 233 g/mol. The van der Waals surface area contributed by atoms with Gasteiger partial charge in [-0.05, 0) is 22.9 Å². The van der Waals surface area contributed by atoms with E-state index in [4.69, 9.17) is 10.00 Å². The summed E-state index contributed by atoms with van der Waals surface area (Å²) in [5.41, 5.74) is 2.28. The maximum Gasteiger partial charge on any atom is 0.302 e. The van der Waals surface area contributed by atoms with Crippen LogP contribution >= 0.6 is 11.8 Å². The van der Waals surface area contributed by atoms with Crippen molar-refractivity contribution in [1.29, 1.82) is 5.26 Å². The van der Waals surface area contributed by atoms with Gasteiger partial charge >= 0.3 is 5.97 Å². The number of esters is 1. The van der Waals surface area contributed by atoms with Gasteiger partial charge in [0.15, 0.2) is 0 Å². The minimum Gasteiger partial charge on any atom is -0.461 e. The van der Waals surface area contributed by atoms with Crippen molar-refractivity contribution in [2.24, 2.45) is 0 Å². The van der Waals surface area contributed by atoms with E-state index >= 15 is 0 Å². The molecule has 0 spiro atoms. The van der Waals surface area contributed by atoms with Crippen LogP contribution < -0.4 is 0 Å². The first kappa shape index (κ1) is 11.0. The minimum atomic E-state index is -0.290. The summed E-state index contributed by atoms with van der Waals surface area (Å²) in [7, 11) is 0. The number of hydrogen-bond acceptors (Lipinski definition) is 4. The molecule has 0 radical (unpaired) electrons. The van der Waals surface area contributed by atoms with Crippen LogP contribution in [-0.2, 0) is 16.0 Å². The fourth-order valence-electron chi connectivity index (χ4n) is 2.03. The Balaban J connectivity index is 2.26. The van der Waals surface area contributed by atoms with E-state index in [1.165, 1.54) is 12.5 Å². The van der Waals surface area contributed by atoms with Crippen molar-refractivity contribution in [2.45, 2.75) is 24.7 Å². The van der Waals surface area contributed by atoms with Crippen LogP contribution in [-0.4, -0.2) is 12.1 Å². The Morgan fingerprint density at radius 2 is 2.31 bits per heavy atom. The van der Waals surface area contributed by atoms with Crippen molar-refractivity contribution in [3.05, 3.63) is 35.4 Å². The summed E-state index contributed by atoms with van der Waals surface area (Å²) >= 11 is 1.16. The standard InChI is InChI=1S/C12H11NO2S/c1-8(14)15-11-6-9-4-2-3-5-10(9)12(11)16-7-13/h2-5,11-12H,6H2,1H3/t11-,12+/m0/s1. The summed E-state index contributed by atoms with van der Waals surface area (Å²) in [4.78, 5) is 11.0. The number of thioether (sulfide) groups is 1. The molecule has 0 bridgehead atoms. The summed E-state index contributed by atoms with van der Waals surface area (Å²) in [6, 6.07) is 7.92. The molecule has 0 saturated heterocycles. The van der Waals surface area contributed by atoms with E-state index in [1.807, 2.05) is 24.3 Å². The Hall–Kier alpha value is -1.47. The number of rotatable bonds is 2. The van der Waals surface area contributed by atoms with Gasteiger partial charge in [-0.15, -0.1) is 0 Å². The first-order valence-electron chi connectivity index (χ1n) is 5.02. The predicted molar refractivity (Wildman–Crippen MR) is 61.6 cm³/mol. The highest BCUT2D eigenvalue weighted by Gasteiger charge is 2.35. The summed E-state index contributed by atoms with van der Waals surface area (Å²) in [6.07, 6.45) is 0.495. The van der Waals surface area contributed by atoms with Crippen molar-refractivity contribution < 1.29 is 9.53 Å². The molecule has 0 N–H and O–H groups in total. The number of carbonyl (C=O) groups excluding carboxylic acids is 1. The third-order valence-corrected chi connectivity index (χ3v) is 3.53. The van der Waals surface area contributed by atoms with Gasteiger partial charge in [0.1, 0.15) is 11.5 Å². The minimum absolute atomic E-state index is 0.0508. The molecule has 0 aliphatic heterocycles. The lowest BCUT2D eigenvalue weighted by Gasteiger charge is -2.16. The molecule has 16 heavy (non-hydrogen) atoms. The van der Waals surface area contributed by atoms with Crippen molar-refractivity contribution in [3.63, 3.8) is 0 Å². The number of fused-ring (bicyclic) bond motifs is 1. The second kappa shape index (κ2) is 4.58. The Morgan fingerprint density at radius 3 is 3.00 bits per heavy atom. The van der Waals surface area contributed by atoms with Gasteiger partial charge in [-0.1, -0.05) is 24.3 Å². The maximum absolute atomic E-state index is 11.0. The third-order valence-electron chi connectivity index (χ3n) is 2.62. The SMILES string of the molecule is CC(=O)O[C@H]1Cc2ccccc2[C@H]1SC#N. The second-order valence-electron chi connectivity index (χ2n) is 3.68. The number of nitriles is 1. The lowest BCUT2D eigenvalue weighted by molar-refractivity contribution is -0.145. The number of ether oxygens (including phenoxy) is 1. The molecule has 0 saturated carbocycles. The van der Waals surface area contributed by atoms with Crippen molar-refractivity contribution >= 4 is 17.7 Å². The highest BCUT2D eigenvalue weighted by atomic mass is 32.2. The van der Waals surface area contributed by atoms with Gasteiger partial charge in [-0.3, -0.25) is 4.79 Å². The zero-order chi connectivity index (χ0) is 11.5. The third kappa shape index (κ3) is 2.05. The summed E-state index contributed by atoms with van der Waals surface area (Å²) < 4.78 is 5.25. The topological polar surface area (TPSA) is 50.1 Å². The van der Waals surface area contributed by atoms with Crippen LogP contribution in [0.3, 0.4) is 0 Å². The normalized spacial score (nSPS) is 22.2. The van der Waals surface area contributed by atoms with Crippen LogP contribution in [0.25, 0.3) is 0 Å². The van der Waals surface area contributed by atoms with Crippen LogP contribution in [0.4, 0.5) is 0 Å². The zero-order valence-electron chi connectivity index (χ0n) is 8.84. The van der Waals surface area contributed by atoms with E-state index in [0.717, 1.165) is 17.3 Å². The average Bonchev–Trinajstić information content (AvgIpc) is 2.57. The largest absolute Gasteiger partial charge is 0.461 e. The fraction of sp³-hybridized carbons (Fsp3) is 0.333. The van der Waals surface area contributed by atoms with Crippen LogP contribution in [0, 0.1) is 10.7 Å². The molecule has 1 aliphatic rings. The van der Waals surface area contributed by atoms with Crippen LogP contribution in [0.5, 0.6) is 0 Å². The van der Waals surface area contributed by atoms with Gasteiger partial charge in [-0.2, -0.15) is 5.26 Å². The van der Waals surface area contributed by atoms with Gasteiger partial charge in [-0.25, -0.2) is 0 Å². The molecule has 0 fully saturated rings. The first-order valence-corrected chi connectivity index (χ1v) is 5.90. The molecule has 82 valence electrons. The number of hydrogen-bond donors (Lipinski definition) is 0. The van der Waals surface area contributed by atoms with Gasteiger partial charge in [0.25, 0.3) is 0 Å². The lowest BCUT2D eigenvalue weighted by Crippen LogP contribution is -2.19. The number of benzene rings is 1. The van der Waals surface area contributed by atoms with Crippen LogP contribution in [0.15, 0.2) is 24.3 Å². The van der Waals surface area contributed by atoms with Crippen molar-refractivity contribution in [2.75, 3.05) is 0 Å². The second-order valence-corrected chi connectivity index (χ2v) is 4.61. The molecule has 2 rings (SSSR count). The lowest BCUT2D eigenvalue weighted by atomic mass is 10.1. The van der Waals surface area contributed by atoms with Gasteiger partial charge in [0.05, 0.1) is 5.25 Å². The summed E-state index contributed by atoms with van der Waals surface area (Å²) in [5.74, 6) is -0.290. The fourth-order valence-corrected chi connectivity index (χ4v) is 2.81. The van der Waals surface area contributed by atoms with E-state index < -0.39 is 0 Å². The molecule has 2 atom stereocenters. The van der Waals surface area contributed by atoms with E-state index in [-0.39, 0.29) is 17.3 Å². The highest BCUT2D eigenvalue weighted by Crippen LogP contribution is 2.42. The Kier molecular flexibility index (Phi) is 3.16. The molecule has 0 unspecified atom stereocenters. The molecule has 4 heteroatoms. The van der Waals surface area contributed by atoms with Gasteiger partial charge in [0, 0.05) is 13.3 Å². The van der Waals surface area contributed by atoms with E-state index in [2.05, 4.69) is 5.40 Å². The Morgan fingerprint density at radius 1 is 1.56 bits per heavy atom. The van der Waals surface area contributed by atoms with E-state index in [1.54, 1.807) is 0 Å². The smallest absolute Gasteiger partial charge is 0.302 e. The molecular weight excluding hydrogens is 222 g/mol. The molecule has 0 amide bonds. The molecule has 1 aromatic rings. The van der Waals surface area contributed by atoms with Crippen molar-refractivity contribution in [1.82, 2.24) is 0 Å². The van der Waals surface area contributed by atoms with Gasteiger partial charge < -0.3 is 4.74 Å². The molecular formula is C12H11NO2S. The van der Waals surface area contributed by atoms with Crippen molar-refractivity contribution in [3.8, 4) is 5.40 Å². The summed E-state index contributed by atoms with van der Waals surface area (Å²) in [5, 5.41) is 10.8. The predicted octanol–water partition coefficient (Wildman–Crippen LogP) is 2.43. The number of nitrogens with zero attached hydrogens (tertiary/aromatic N) is 1. The summed E-state index contributed by atoms with van der Waals surface area (Å²) in [6.45, 7) is 1.40. The molecule has 1 aliphatic carbocycles. The van der Waals surface area contributed by atoms with Gasteiger partial charge in [0.2, 0.25) is 0 Å². The van der Waals surface area contributed by atoms with Crippen LogP contribution in [0.1, 0.15) is 23.3 Å². The highest BCUT2D eigenvalue weighted by molar-refractivity contribution is 8.04. The zero-order valence-corrected chi connectivity index (χ0v) is 9.66. The number of thiocyanates is 1.